The SMILES string of the molecule is CS(=O)(=O)c1ccc(C(=O)NC2(CN)CCCCC2)cc1. The van der Waals surface area contributed by atoms with Crippen molar-refractivity contribution in [2.75, 3.05) is 12.8 Å². The van der Waals surface area contributed by atoms with Gasteiger partial charge in [-0.2, -0.15) is 0 Å². The van der Waals surface area contributed by atoms with Crippen LogP contribution in [0, 0.1) is 0 Å². The molecule has 6 heteroatoms. The Kier molecular flexibility index (Phi) is 4.68. The van der Waals surface area contributed by atoms with Crippen LogP contribution in [0.15, 0.2) is 29.2 Å². The quantitative estimate of drug-likeness (QED) is 0.881. The fraction of sp³-hybridized carbons (Fsp3) is 0.533. The summed E-state index contributed by atoms with van der Waals surface area (Å²) in [5.41, 5.74) is 6.00. The number of nitrogens with two attached hydrogens (primary N) is 1. The number of rotatable bonds is 4. The molecule has 116 valence electrons. The van der Waals surface area contributed by atoms with Crippen LogP contribution in [0.4, 0.5) is 0 Å². The molecule has 1 amide bonds. The Hall–Kier alpha value is -1.40. The van der Waals surface area contributed by atoms with Gasteiger partial charge in [0, 0.05) is 18.4 Å². The number of carbonyl (C=O) groups is 1. The van der Waals surface area contributed by atoms with Crippen molar-refractivity contribution < 1.29 is 13.2 Å². The number of carbonyl (C=O) groups excluding carboxylic acids is 1. The highest BCUT2D eigenvalue weighted by atomic mass is 32.2. The minimum atomic E-state index is -3.24. The Morgan fingerprint density at radius 1 is 1.19 bits per heavy atom. The van der Waals surface area contributed by atoms with Gasteiger partial charge in [-0.05, 0) is 37.1 Å². The number of nitrogens with one attached hydrogen (secondary N) is 1. The summed E-state index contributed by atoms with van der Waals surface area (Å²) in [6.07, 6.45) is 6.27. The molecule has 1 aromatic carbocycles. The van der Waals surface area contributed by atoms with E-state index in [1.54, 1.807) is 12.1 Å². The Morgan fingerprint density at radius 3 is 2.24 bits per heavy atom. The molecule has 1 fully saturated rings. The van der Waals surface area contributed by atoms with Crippen molar-refractivity contribution in [3.63, 3.8) is 0 Å². The molecule has 21 heavy (non-hydrogen) atoms. The predicted octanol–water partition coefficient (Wildman–Crippen LogP) is 1.48. The van der Waals surface area contributed by atoms with Crippen LogP contribution in [0.2, 0.25) is 0 Å². The van der Waals surface area contributed by atoms with E-state index in [1.807, 2.05) is 0 Å². The maximum Gasteiger partial charge on any atom is 0.251 e. The summed E-state index contributed by atoms with van der Waals surface area (Å²) >= 11 is 0. The number of sulfone groups is 1. The molecule has 1 aromatic rings. The van der Waals surface area contributed by atoms with Gasteiger partial charge in [0.25, 0.3) is 5.91 Å². The van der Waals surface area contributed by atoms with E-state index < -0.39 is 9.84 Å². The van der Waals surface area contributed by atoms with E-state index in [0.29, 0.717) is 12.1 Å². The summed E-state index contributed by atoms with van der Waals surface area (Å²) in [5, 5.41) is 3.04. The van der Waals surface area contributed by atoms with E-state index in [0.717, 1.165) is 31.9 Å². The summed E-state index contributed by atoms with van der Waals surface area (Å²) in [5.74, 6) is -0.192. The summed E-state index contributed by atoms with van der Waals surface area (Å²) in [4.78, 5) is 12.5. The van der Waals surface area contributed by atoms with Gasteiger partial charge in [-0.15, -0.1) is 0 Å². The zero-order chi connectivity index (χ0) is 15.5. The average Bonchev–Trinajstić information content (AvgIpc) is 2.47. The first kappa shape index (κ1) is 16.0. The molecule has 3 N–H and O–H groups in total. The molecule has 0 aliphatic heterocycles. The van der Waals surface area contributed by atoms with Crippen LogP contribution >= 0.6 is 0 Å². The molecular weight excluding hydrogens is 288 g/mol. The number of hydrogen-bond acceptors (Lipinski definition) is 4. The maximum absolute atomic E-state index is 12.3. The van der Waals surface area contributed by atoms with E-state index >= 15 is 0 Å². The molecule has 0 unspecified atom stereocenters. The molecule has 0 heterocycles. The average molecular weight is 310 g/mol. The predicted molar refractivity (Wildman–Crippen MR) is 81.9 cm³/mol. The van der Waals surface area contributed by atoms with Crippen molar-refractivity contribution in [1.29, 1.82) is 0 Å². The zero-order valence-electron chi connectivity index (χ0n) is 12.3. The van der Waals surface area contributed by atoms with Crippen LogP contribution < -0.4 is 11.1 Å². The first-order valence-electron chi connectivity index (χ1n) is 7.19. The van der Waals surface area contributed by atoms with Crippen molar-refractivity contribution in [2.45, 2.75) is 42.5 Å². The van der Waals surface area contributed by atoms with Crippen molar-refractivity contribution in [3.8, 4) is 0 Å². The molecule has 0 bridgehead atoms. The third-order valence-electron chi connectivity index (χ3n) is 4.12. The van der Waals surface area contributed by atoms with E-state index in [1.165, 1.54) is 18.6 Å². The molecule has 1 aliphatic rings. The fourth-order valence-corrected chi connectivity index (χ4v) is 3.41. The number of hydrogen-bond donors (Lipinski definition) is 2. The lowest BCUT2D eigenvalue weighted by Gasteiger charge is -2.37. The Labute approximate surface area is 125 Å². The first-order chi connectivity index (χ1) is 9.86. The highest BCUT2D eigenvalue weighted by molar-refractivity contribution is 7.90. The molecule has 1 saturated carbocycles. The Balaban J connectivity index is 2.13. The monoisotopic (exact) mass is 310 g/mol. The van der Waals surface area contributed by atoms with Gasteiger partial charge in [0.15, 0.2) is 9.84 Å². The smallest absolute Gasteiger partial charge is 0.251 e. The summed E-state index contributed by atoms with van der Waals surface area (Å²) < 4.78 is 22.8. The van der Waals surface area contributed by atoms with Gasteiger partial charge < -0.3 is 11.1 Å². The molecule has 5 nitrogen and oxygen atoms in total. The maximum atomic E-state index is 12.3. The lowest BCUT2D eigenvalue weighted by molar-refractivity contribution is 0.0874. The van der Waals surface area contributed by atoms with Crippen molar-refractivity contribution >= 4 is 15.7 Å². The summed E-state index contributed by atoms with van der Waals surface area (Å²) in [6.45, 7) is 0.431. The van der Waals surface area contributed by atoms with Crippen molar-refractivity contribution in [3.05, 3.63) is 29.8 Å². The lowest BCUT2D eigenvalue weighted by Crippen LogP contribution is -2.54. The molecule has 0 atom stereocenters. The van der Waals surface area contributed by atoms with Crippen molar-refractivity contribution in [2.24, 2.45) is 5.73 Å². The fourth-order valence-electron chi connectivity index (χ4n) is 2.78. The molecule has 0 radical (unpaired) electrons. The Morgan fingerprint density at radius 2 is 1.76 bits per heavy atom. The summed E-state index contributed by atoms with van der Waals surface area (Å²) in [6, 6.07) is 6.00. The zero-order valence-corrected chi connectivity index (χ0v) is 13.1. The Bertz CT molecular complexity index is 602. The second-order valence-electron chi connectivity index (χ2n) is 5.80. The van der Waals surface area contributed by atoms with E-state index in [2.05, 4.69) is 5.32 Å². The van der Waals surface area contributed by atoms with Gasteiger partial charge in [0.05, 0.1) is 10.4 Å². The standard InChI is InChI=1S/C15H22N2O3S/c1-21(19,20)13-7-5-12(6-8-13)14(18)17-15(11-16)9-3-2-4-10-15/h5-8H,2-4,9-11,16H2,1H3,(H,17,18). The molecule has 0 aromatic heterocycles. The van der Waals surface area contributed by atoms with Gasteiger partial charge in [0.1, 0.15) is 0 Å². The highest BCUT2D eigenvalue weighted by Gasteiger charge is 2.32. The van der Waals surface area contributed by atoms with Gasteiger partial charge in [-0.1, -0.05) is 19.3 Å². The number of benzene rings is 1. The van der Waals surface area contributed by atoms with E-state index in [-0.39, 0.29) is 16.3 Å². The van der Waals surface area contributed by atoms with Crippen LogP contribution in [-0.2, 0) is 9.84 Å². The third kappa shape index (κ3) is 3.83. The molecule has 1 aliphatic carbocycles. The van der Waals surface area contributed by atoms with Crippen molar-refractivity contribution in [1.82, 2.24) is 5.32 Å². The number of amides is 1. The van der Waals surface area contributed by atoms with E-state index in [4.69, 9.17) is 5.73 Å². The van der Waals surface area contributed by atoms with Gasteiger partial charge >= 0.3 is 0 Å². The lowest BCUT2D eigenvalue weighted by atomic mass is 9.81. The van der Waals surface area contributed by atoms with Gasteiger partial charge in [-0.3, -0.25) is 4.79 Å². The van der Waals surface area contributed by atoms with Crippen LogP contribution in [0.25, 0.3) is 0 Å². The van der Waals surface area contributed by atoms with E-state index in [9.17, 15) is 13.2 Å². The highest BCUT2D eigenvalue weighted by Crippen LogP contribution is 2.27. The summed E-state index contributed by atoms with van der Waals surface area (Å²) in [7, 11) is -3.24. The first-order valence-corrected chi connectivity index (χ1v) is 9.08. The van der Waals surface area contributed by atoms with Crippen LogP contribution in [0.1, 0.15) is 42.5 Å². The van der Waals surface area contributed by atoms with Gasteiger partial charge in [0.2, 0.25) is 0 Å². The largest absolute Gasteiger partial charge is 0.345 e. The second kappa shape index (κ2) is 6.15. The minimum Gasteiger partial charge on any atom is -0.345 e. The minimum absolute atomic E-state index is 0.192. The van der Waals surface area contributed by atoms with Gasteiger partial charge in [-0.25, -0.2) is 8.42 Å². The molecule has 0 spiro atoms. The van der Waals surface area contributed by atoms with Crippen LogP contribution in [0.5, 0.6) is 0 Å². The molecule has 2 rings (SSSR count). The van der Waals surface area contributed by atoms with Crippen LogP contribution in [0.3, 0.4) is 0 Å². The molecule has 0 saturated heterocycles. The normalized spacial score (nSPS) is 18.2. The second-order valence-corrected chi connectivity index (χ2v) is 7.81. The molecular formula is C15H22N2O3S. The topological polar surface area (TPSA) is 89.3 Å². The van der Waals surface area contributed by atoms with Crippen LogP contribution in [-0.4, -0.2) is 32.7 Å². The third-order valence-corrected chi connectivity index (χ3v) is 5.25.